The van der Waals surface area contributed by atoms with Crippen LogP contribution in [0.1, 0.15) is 44.5 Å². The van der Waals surface area contributed by atoms with E-state index in [1.807, 2.05) is 0 Å². The third kappa shape index (κ3) is 8.95. The highest BCUT2D eigenvalue weighted by Gasteiger charge is 2.22. The smallest absolute Gasteiger partial charge is 0.114 e. The van der Waals surface area contributed by atoms with Crippen molar-refractivity contribution in [3.63, 3.8) is 0 Å². The Labute approximate surface area is 426 Å². The van der Waals surface area contributed by atoms with E-state index >= 15 is 0 Å². The fourth-order valence-corrected chi connectivity index (χ4v) is 12.2. The predicted octanol–water partition coefficient (Wildman–Crippen LogP) is 19.2. The van der Waals surface area contributed by atoms with Crippen molar-refractivity contribution >= 4 is 67.7 Å². The zero-order valence-electron chi connectivity index (χ0n) is 38.5. The number of rotatable bonds is 12. The van der Waals surface area contributed by atoms with Gasteiger partial charge in [0, 0.05) is 30.6 Å². The highest BCUT2D eigenvalue weighted by atomic mass is 32.1. The van der Waals surface area contributed by atoms with Crippen molar-refractivity contribution < 1.29 is 0 Å². The summed E-state index contributed by atoms with van der Waals surface area (Å²) in [7, 11) is 0. The van der Waals surface area contributed by atoms with E-state index in [2.05, 4.69) is 267 Å². The minimum absolute atomic E-state index is 0.940. The van der Waals surface area contributed by atoms with Gasteiger partial charge in [-0.25, -0.2) is 0 Å². The second-order valence-electron chi connectivity index (χ2n) is 17.3. The Hall–Kier alpha value is -8.32. The lowest BCUT2D eigenvalue weighted by Gasteiger charge is -2.18. The second-order valence-corrected chi connectivity index (χ2v) is 20.0. The van der Waals surface area contributed by atoms with Crippen LogP contribution in [0.25, 0.3) is 64.1 Å². The Morgan fingerprint density at radius 3 is 0.732 bits per heavy atom. The molecular formula is C66H44N2S3. The topological polar surface area (TPSA) is 24.7 Å². The van der Waals surface area contributed by atoms with Crippen molar-refractivity contribution in [3.05, 3.63) is 311 Å². The molecule has 336 valence electrons. The number of benzene rings is 9. The van der Waals surface area contributed by atoms with Crippen LogP contribution < -0.4 is 0 Å². The fourth-order valence-electron chi connectivity index (χ4n) is 9.59. The van der Waals surface area contributed by atoms with Gasteiger partial charge in [0.1, 0.15) is 11.4 Å². The summed E-state index contributed by atoms with van der Waals surface area (Å²) >= 11 is 4.87. The molecule has 0 fully saturated rings. The molecule has 0 N–H and O–H groups in total. The van der Waals surface area contributed by atoms with Gasteiger partial charge in [0.05, 0.1) is 11.4 Å². The normalized spacial score (nSPS) is 11.4. The summed E-state index contributed by atoms with van der Waals surface area (Å²) in [4.78, 5) is 4.76. The molecule has 0 aliphatic carbocycles. The fraction of sp³-hybridized carbons (Fsp3) is 0. The monoisotopic (exact) mass is 960 g/mol. The van der Waals surface area contributed by atoms with E-state index < -0.39 is 0 Å². The third-order valence-electron chi connectivity index (χ3n) is 12.9. The molecule has 71 heavy (non-hydrogen) atoms. The van der Waals surface area contributed by atoms with E-state index in [-0.39, 0.29) is 0 Å². The Morgan fingerprint density at radius 1 is 0.225 bits per heavy atom. The van der Waals surface area contributed by atoms with Gasteiger partial charge in [-0.2, -0.15) is 8.73 Å². The van der Waals surface area contributed by atoms with Crippen LogP contribution in [0.3, 0.4) is 0 Å². The van der Waals surface area contributed by atoms with Gasteiger partial charge in [-0.15, -0.1) is 22.7 Å². The molecule has 1 aliphatic rings. The van der Waals surface area contributed by atoms with Crippen LogP contribution in [-0.2, 0) is 11.4 Å². The highest BCUT2D eigenvalue weighted by Crippen LogP contribution is 2.51. The Balaban J connectivity index is 0.840. The number of nitrogens with zero attached hydrogens (tertiary/aromatic N) is 2. The summed E-state index contributed by atoms with van der Waals surface area (Å²) in [6, 6.07) is 96.0. The van der Waals surface area contributed by atoms with Gasteiger partial charge in [0.25, 0.3) is 0 Å². The predicted molar refractivity (Wildman–Crippen MR) is 304 cm³/mol. The molecule has 0 atom stereocenters. The van der Waals surface area contributed by atoms with Gasteiger partial charge in [-0.1, -0.05) is 243 Å². The number of hydrogen-bond acceptors (Lipinski definition) is 4. The first-order valence-corrected chi connectivity index (χ1v) is 26.1. The maximum atomic E-state index is 4.90. The Kier molecular flexibility index (Phi) is 12.3. The molecule has 0 amide bonds. The molecule has 0 radical (unpaired) electrons. The summed E-state index contributed by atoms with van der Waals surface area (Å²) in [6.45, 7) is 0. The van der Waals surface area contributed by atoms with Crippen molar-refractivity contribution in [3.8, 4) is 41.8 Å². The zero-order valence-corrected chi connectivity index (χ0v) is 41.0. The zero-order chi connectivity index (χ0) is 47.3. The van der Waals surface area contributed by atoms with E-state index in [9.17, 15) is 0 Å². The Morgan fingerprint density at radius 2 is 0.465 bits per heavy atom. The molecule has 0 unspecified atom stereocenters. The van der Waals surface area contributed by atoms with Gasteiger partial charge in [-0.3, -0.25) is 0 Å². The van der Waals surface area contributed by atoms with E-state index in [0.717, 1.165) is 22.5 Å². The quantitative estimate of drug-likeness (QED) is 0.109. The van der Waals surface area contributed by atoms with Crippen molar-refractivity contribution in [1.29, 1.82) is 0 Å². The third-order valence-corrected chi connectivity index (χ3v) is 15.8. The molecule has 9 aromatic carbocycles. The van der Waals surface area contributed by atoms with Crippen molar-refractivity contribution in [2.75, 3.05) is 0 Å². The lowest BCUT2D eigenvalue weighted by Crippen LogP contribution is -1.97. The first kappa shape index (κ1) is 43.9. The lowest BCUT2D eigenvalue weighted by molar-refractivity contribution is 1.50. The van der Waals surface area contributed by atoms with E-state index in [4.69, 9.17) is 8.73 Å². The largest absolute Gasteiger partial charge is 0.172 e. The number of fused-ring (bicyclic) bond motifs is 1. The van der Waals surface area contributed by atoms with Gasteiger partial charge in [0.15, 0.2) is 0 Å². The van der Waals surface area contributed by atoms with Crippen molar-refractivity contribution in [1.82, 2.24) is 0 Å². The van der Waals surface area contributed by atoms with Crippen molar-refractivity contribution in [2.45, 2.75) is 0 Å². The standard InChI is InChI=1S/C66H44N2S3/c1-7-19-47(20-8-1)61(48-21-9-2-10-22-48)63(51-27-15-5-16-28-51)53-35-31-45(32-36-53)57-41-43-59(69-57)55-39-40-56(66-65(55)67-71-68-66)60-44-42-58(70-60)46-33-37-54(38-34-46)64(52-29-17-6-18-30-52)62(49-23-11-3-12-24-49)50-25-13-4-14-26-50/h1-44H. The molecule has 5 heteroatoms. The second kappa shape index (κ2) is 20.0. The van der Waals surface area contributed by atoms with Crippen LogP contribution >= 0.6 is 22.7 Å². The molecule has 0 saturated heterocycles. The molecule has 11 aromatic rings. The maximum absolute atomic E-state index is 4.90. The minimum Gasteiger partial charge on any atom is -0.172 e. The van der Waals surface area contributed by atoms with Crippen molar-refractivity contribution in [2.24, 2.45) is 8.73 Å². The highest BCUT2D eigenvalue weighted by molar-refractivity contribution is 7.58. The first-order valence-electron chi connectivity index (χ1n) is 23.7. The minimum atomic E-state index is 0.940. The summed E-state index contributed by atoms with van der Waals surface area (Å²) in [6.07, 6.45) is 0. The van der Waals surface area contributed by atoms with Crippen LogP contribution in [0.5, 0.6) is 0 Å². The van der Waals surface area contributed by atoms with E-state index in [1.165, 1.54) is 109 Å². The van der Waals surface area contributed by atoms with Gasteiger partial charge < -0.3 is 0 Å². The average molecular weight is 961 g/mol. The van der Waals surface area contributed by atoms with Crippen LogP contribution in [0.2, 0.25) is 0 Å². The number of thiophene rings is 2. The first-order chi connectivity index (χ1) is 35.2. The van der Waals surface area contributed by atoms with Crippen LogP contribution in [0.4, 0.5) is 11.4 Å². The van der Waals surface area contributed by atoms with Gasteiger partial charge in [-0.05, 0) is 102 Å². The molecular weight excluding hydrogens is 917 g/mol. The molecule has 1 aliphatic heterocycles. The number of hydrogen-bond donors (Lipinski definition) is 0. The van der Waals surface area contributed by atoms with Crippen LogP contribution in [0, 0.1) is 0 Å². The summed E-state index contributed by atoms with van der Waals surface area (Å²) in [5, 5.41) is 0. The molecule has 2 aromatic heterocycles. The SMILES string of the molecule is c1ccc(C(=C(c2ccccc2)c2ccc(-c3ccc(-c4ccc(-c5ccc(-c6ccc(C(=C(c7ccccc7)c7ccccc7)c7ccccc7)cc6)s5)c5c4N=S=N5)s3)cc2)c2ccccc2)cc1. The molecule has 0 bridgehead atoms. The Bertz CT molecular complexity index is 3440. The summed E-state index contributed by atoms with van der Waals surface area (Å²) < 4.78 is 9.79. The lowest BCUT2D eigenvalue weighted by atomic mass is 9.85. The molecule has 12 rings (SSSR count). The average Bonchev–Trinajstić information content (AvgIpc) is 4.27. The molecule has 0 saturated carbocycles. The van der Waals surface area contributed by atoms with Gasteiger partial charge in [0.2, 0.25) is 0 Å². The van der Waals surface area contributed by atoms with E-state index in [1.54, 1.807) is 22.7 Å². The molecule has 0 spiro atoms. The molecule has 2 nitrogen and oxygen atoms in total. The summed E-state index contributed by atoms with van der Waals surface area (Å²) in [5.41, 5.74) is 20.7. The van der Waals surface area contributed by atoms with E-state index in [0.29, 0.717) is 0 Å². The summed E-state index contributed by atoms with van der Waals surface area (Å²) in [5.74, 6) is 0. The van der Waals surface area contributed by atoms with Crippen LogP contribution in [-0.4, -0.2) is 0 Å². The molecule has 3 heterocycles. The van der Waals surface area contributed by atoms with Gasteiger partial charge >= 0.3 is 0 Å². The van der Waals surface area contributed by atoms with Crippen LogP contribution in [0.15, 0.2) is 276 Å². The maximum Gasteiger partial charge on any atom is 0.114 e.